The van der Waals surface area contributed by atoms with Gasteiger partial charge in [0.15, 0.2) is 0 Å². The molecule has 1 rings (SSSR count). The smallest absolute Gasteiger partial charge is 0.242 e. The Balaban J connectivity index is 0.00000256. The number of benzene rings is 1. The highest BCUT2D eigenvalue weighted by atomic mass is 35.5. The Morgan fingerprint density at radius 1 is 1.24 bits per heavy atom. The van der Waals surface area contributed by atoms with Crippen molar-refractivity contribution in [3.8, 4) is 5.75 Å². The van der Waals surface area contributed by atoms with Gasteiger partial charge in [0.2, 0.25) is 8.32 Å². The molecule has 17 heavy (non-hydrogen) atoms. The van der Waals surface area contributed by atoms with Crippen LogP contribution in [-0.4, -0.2) is 20.0 Å². The Kier molecular flexibility index (Phi) is 6.78. The van der Waals surface area contributed by atoms with Crippen LogP contribution in [0, 0.1) is 0 Å². The first-order chi connectivity index (χ1) is 7.42. The first kappa shape index (κ1) is 16.4. The average molecular weight is 276 g/mol. The lowest BCUT2D eigenvalue weighted by molar-refractivity contribution is 0.276. The van der Waals surface area contributed by atoms with Crippen molar-refractivity contribution in [3.05, 3.63) is 29.8 Å². The Bertz CT molecular complexity index is 324. The molecule has 0 aliphatic rings. The topological polar surface area (TPSA) is 55.5 Å². The fraction of sp³-hybridized carbons (Fsp3) is 0.500. The van der Waals surface area contributed by atoms with Crippen LogP contribution in [0.1, 0.15) is 18.0 Å². The van der Waals surface area contributed by atoms with Gasteiger partial charge in [0, 0.05) is 12.6 Å². The van der Waals surface area contributed by atoms with E-state index in [1.807, 2.05) is 24.3 Å². The number of nitrogens with two attached hydrogens (primary N) is 1. The van der Waals surface area contributed by atoms with Crippen molar-refractivity contribution in [2.45, 2.75) is 32.1 Å². The fourth-order valence-electron chi connectivity index (χ4n) is 1.44. The number of halogens is 1. The quantitative estimate of drug-likeness (QED) is 0.813. The molecule has 0 fully saturated rings. The van der Waals surface area contributed by atoms with Crippen LogP contribution in [0.5, 0.6) is 5.75 Å². The van der Waals surface area contributed by atoms with Crippen LogP contribution in [0.25, 0.3) is 0 Å². The van der Waals surface area contributed by atoms with Crippen molar-refractivity contribution in [1.29, 1.82) is 0 Å². The van der Waals surface area contributed by atoms with Gasteiger partial charge in [0.05, 0.1) is 0 Å². The standard InChI is InChI=1S/C12H21NO2Si.ClH/c1-16(2,3)15-11-6-4-10(5-7-11)12(13)8-9-14;/h4-7,12,14H,8-9,13H2,1-3H3;1H. The van der Waals surface area contributed by atoms with Crippen LogP contribution in [0.4, 0.5) is 0 Å². The lowest BCUT2D eigenvalue weighted by Gasteiger charge is -2.19. The summed E-state index contributed by atoms with van der Waals surface area (Å²) in [6.45, 7) is 6.57. The molecule has 0 radical (unpaired) electrons. The molecular formula is C12H22ClNO2Si. The second-order valence-electron chi connectivity index (χ2n) is 4.90. The molecular weight excluding hydrogens is 254 g/mol. The van der Waals surface area contributed by atoms with E-state index in [-0.39, 0.29) is 25.1 Å². The van der Waals surface area contributed by atoms with Crippen molar-refractivity contribution in [2.75, 3.05) is 6.61 Å². The van der Waals surface area contributed by atoms with E-state index in [1.54, 1.807) is 0 Å². The highest BCUT2D eigenvalue weighted by molar-refractivity contribution is 6.70. The van der Waals surface area contributed by atoms with E-state index in [9.17, 15) is 0 Å². The summed E-state index contributed by atoms with van der Waals surface area (Å²) in [6.07, 6.45) is 0.591. The van der Waals surface area contributed by atoms with Gasteiger partial charge in [0.1, 0.15) is 5.75 Å². The molecule has 0 saturated carbocycles. The molecule has 0 saturated heterocycles. The van der Waals surface area contributed by atoms with Gasteiger partial charge >= 0.3 is 0 Å². The molecule has 1 aromatic carbocycles. The predicted octanol–water partition coefficient (Wildman–Crippen LogP) is 2.70. The Morgan fingerprint density at radius 3 is 2.18 bits per heavy atom. The van der Waals surface area contributed by atoms with Crippen molar-refractivity contribution in [2.24, 2.45) is 5.73 Å². The zero-order valence-electron chi connectivity index (χ0n) is 10.6. The Hall–Kier alpha value is -0.553. The number of hydrogen-bond acceptors (Lipinski definition) is 3. The van der Waals surface area contributed by atoms with E-state index in [0.29, 0.717) is 6.42 Å². The minimum Gasteiger partial charge on any atom is -0.544 e. The van der Waals surface area contributed by atoms with Crippen molar-refractivity contribution >= 4 is 20.7 Å². The Labute approximate surface area is 111 Å². The lowest BCUT2D eigenvalue weighted by atomic mass is 10.1. The summed E-state index contributed by atoms with van der Waals surface area (Å²) in [4.78, 5) is 0. The van der Waals surface area contributed by atoms with Crippen molar-refractivity contribution in [1.82, 2.24) is 0 Å². The van der Waals surface area contributed by atoms with E-state index in [0.717, 1.165) is 11.3 Å². The lowest BCUT2D eigenvalue weighted by Crippen LogP contribution is -2.29. The minimum absolute atomic E-state index is 0. The van der Waals surface area contributed by atoms with Crippen LogP contribution < -0.4 is 10.2 Å². The van der Waals surface area contributed by atoms with Gasteiger partial charge in [-0.3, -0.25) is 0 Å². The molecule has 3 N–H and O–H groups in total. The first-order valence-electron chi connectivity index (χ1n) is 5.58. The normalized spacial score (nSPS) is 12.8. The second-order valence-corrected chi connectivity index (χ2v) is 9.33. The number of hydrogen-bond donors (Lipinski definition) is 2. The summed E-state index contributed by atoms with van der Waals surface area (Å²) in [5.74, 6) is 0.902. The number of rotatable bonds is 5. The van der Waals surface area contributed by atoms with E-state index in [4.69, 9.17) is 15.3 Å². The van der Waals surface area contributed by atoms with Crippen LogP contribution in [0.15, 0.2) is 24.3 Å². The van der Waals surface area contributed by atoms with Gasteiger partial charge in [-0.1, -0.05) is 12.1 Å². The predicted molar refractivity (Wildman–Crippen MR) is 76.3 cm³/mol. The second kappa shape index (κ2) is 7.01. The van der Waals surface area contributed by atoms with Gasteiger partial charge < -0.3 is 15.3 Å². The Morgan fingerprint density at radius 2 is 1.76 bits per heavy atom. The first-order valence-corrected chi connectivity index (χ1v) is 8.98. The summed E-state index contributed by atoms with van der Waals surface area (Å²) < 4.78 is 5.85. The van der Waals surface area contributed by atoms with Crippen molar-refractivity contribution < 1.29 is 9.53 Å². The highest BCUT2D eigenvalue weighted by Crippen LogP contribution is 2.20. The molecule has 5 heteroatoms. The van der Waals surface area contributed by atoms with Crippen LogP contribution in [0.2, 0.25) is 19.6 Å². The summed E-state index contributed by atoms with van der Waals surface area (Å²) in [5.41, 5.74) is 6.93. The van der Waals surface area contributed by atoms with Crippen LogP contribution in [0.3, 0.4) is 0 Å². The molecule has 98 valence electrons. The van der Waals surface area contributed by atoms with Gasteiger partial charge in [-0.05, 0) is 43.8 Å². The molecule has 0 bridgehead atoms. The van der Waals surface area contributed by atoms with Gasteiger partial charge in [-0.15, -0.1) is 12.4 Å². The largest absolute Gasteiger partial charge is 0.544 e. The van der Waals surface area contributed by atoms with Gasteiger partial charge in [0.25, 0.3) is 0 Å². The minimum atomic E-state index is -1.53. The van der Waals surface area contributed by atoms with Crippen molar-refractivity contribution in [3.63, 3.8) is 0 Å². The van der Waals surface area contributed by atoms with Gasteiger partial charge in [-0.25, -0.2) is 0 Å². The fourth-order valence-corrected chi connectivity index (χ4v) is 2.29. The maximum Gasteiger partial charge on any atom is 0.242 e. The molecule has 0 aromatic heterocycles. The average Bonchev–Trinajstić information content (AvgIpc) is 2.16. The van der Waals surface area contributed by atoms with E-state index < -0.39 is 8.32 Å². The number of aliphatic hydroxyl groups is 1. The van der Waals surface area contributed by atoms with Crippen LogP contribution in [-0.2, 0) is 0 Å². The summed E-state index contributed by atoms with van der Waals surface area (Å²) in [5, 5.41) is 8.81. The molecule has 1 unspecified atom stereocenters. The monoisotopic (exact) mass is 275 g/mol. The van der Waals surface area contributed by atoms with E-state index in [1.165, 1.54) is 0 Å². The number of aliphatic hydroxyl groups excluding tert-OH is 1. The van der Waals surface area contributed by atoms with Gasteiger partial charge in [-0.2, -0.15) is 0 Å². The zero-order valence-corrected chi connectivity index (χ0v) is 12.5. The molecule has 1 aromatic rings. The van der Waals surface area contributed by atoms with Crippen LogP contribution >= 0.6 is 12.4 Å². The molecule has 3 nitrogen and oxygen atoms in total. The summed E-state index contributed by atoms with van der Waals surface area (Å²) >= 11 is 0. The molecule has 0 spiro atoms. The third kappa shape index (κ3) is 6.07. The SMILES string of the molecule is C[Si](C)(C)Oc1ccc(C(N)CCO)cc1.Cl. The molecule has 0 heterocycles. The third-order valence-electron chi connectivity index (χ3n) is 2.17. The maximum absolute atomic E-state index is 8.81. The molecule has 1 atom stereocenters. The highest BCUT2D eigenvalue weighted by Gasteiger charge is 2.16. The summed E-state index contributed by atoms with van der Waals surface area (Å²) in [6, 6.07) is 7.74. The third-order valence-corrected chi connectivity index (χ3v) is 3.02. The molecule has 0 aliphatic carbocycles. The summed E-state index contributed by atoms with van der Waals surface area (Å²) in [7, 11) is -1.53. The van der Waals surface area contributed by atoms with E-state index >= 15 is 0 Å². The van der Waals surface area contributed by atoms with E-state index in [2.05, 4.69) is 19.6 Å². The molecule has 0 amide bonds. The molecule has 0 aliphatic heterocycles. The zero-order chi connectivity index (χ0) is 12.2. The maximum atomic E-state index is 8.81.